The van der Waals surface area contributed by atoms with Crippen molar-refractivity contribution in [1.82, 2.24) is 0 Å². The van der Waals surface area contributed by atoms with E-state index in [2.05, 4.69) is 82.3 Å². The molecule has 31 heavy (non-hydrogen) atoms. The summed E-state index contributed by atoms with van der Waals surface area (Å²) in [4.78, 5) is 0. The van der Waals surface area contributed by atoms with Crippen molar-refractivity contribution >= 4 is 0 Å². The SMILES string of the molecule is CCC(C)c1cc(-c2cccc3c2Cc2ccccc2-3)cc(C(C)CC)c1OCCO. The number of rotatable bonds is 8. The van der Waals surface area contributed by atoms with E-state index in [0.29, 0.717) is 18.4 Å². The molecule has 3 aromatic carbocycles. The van der Waals surface area contributed by atoms with Crippen molar-refractivity contribution in [1.29, 1.82) is 0 Å². The lowest BCUT2D eigenvalue weighted by atomic mass is 9.85. The number of hydrogen-bond acceptors (Lipinski definition) is 2. The highest BCUT2D eigenvalue weighted by molar-refractivity contribution is 5.85. The van der Waals surface area contributed by atoms with Gasteiger partial charge >= 0.3 is 0 Å². The van der Waals surface area contributed by atoms with Crippen molar-refractivity contribution in [3.05, 3.63) is 76.9 Å². The molecular formula is C29H34O2. The molecule has 1 aliphatic rings. The second-order valence-corrected chi connectivity index (χ2v) is 8.84. The highest BCUT2D eigenvalue weighted by atomic mass is 16.5. The fourth-order valence-electron chi connectivity index (χ4n) is 4.74. The zero-order valence-corrected chi connectivity index (χ0v) is 19.2. The Morgan fingerprint density at radius 3 is 2.10 bits per heavy atom. The number of benzene rings is 3. The fraction of sp³-hybridized carbons (Fsp3) is 0.379. The molecule has 2 unspecified atom stereocenters. The van der Waals surface area contributed by atoms with Crippen molar-refractivity contribution in [2.75, 3.05) is 13.2 Å². The van der Waals surface area contributed by atoms with E-state index >= 15 is 0 Å². The minimum Gasteiger partial charge on any atom is -0.491 e. The molecule has 2 heteroatoms. The number of ether oxygens (including phenoxy) is 1. The predicted octanol–water partition coefficient (Wildman–Crippen LogP) is 7.32. The van der Waals surface area contributed by atoms with E-state index in [1.165, 1.54) is 44.5 Å². The quantitative estimate of drug-likeness (QED) is 0.327. The van der Waals surface area contributed by atoms with Gasteiger partial charge in [-0.3, -0.25) is 0 Å². The molecule has 4 rings (SSSR count). The topological polar surface area (TPSA) is 29.5 Å². The van der Waals surface area contributed by atoms with Gasteiger partial charge in [-0.05, 0) is 87.7 Å². The second-order valence-electron chi connectivity index (χ2n) is 8.84. The van der Waals surface area contributed by atoms with Crippen LogP contribution >= 0.6 is 0 Å². The summed E-state index contributed by atoms with van der Waals surface area (Å²) in [5, 5.41) is 9.40. The van der Waals surface area contributed by atoms with Gasteiger partial charge in [0.15, 0.2) is 0 Å². The van der Waals surface area contributed by atoms with Gasteiger partial charge in [0.1, 0.15) is 12.4 Å². The van der Waals surface area contributed by atoms with Crippen molar-refractivity contribution in [2.45, 2.75) is 58.8 Å². The summed E-state index contributed by atoms with van der Waals surface area (Å²) < 4.78 is 6.15. The van der Waals surface area contributed by atoms with Crippen LogP contribution in [-0.2, 0) is 6.42 Å². The van der Waals surface area contributed by atoms with E-state index in [1.807, 2.05) is 0 Å². The molecule has 2 atom stereocenters. The first-order chi connectivity index (χ1) is 15.1. The number of aliphatic hydroxyl groups excluding tert-OH is 1. The van der Waals surface area contributed by atoms with Gasteiger partial charge in [0.05, 0.1) is 6.61 Å². The summed E-state index contributed by atoms with van der Waals surface area (Å²) in [6, 6.07) is 20.2. The van der Waals surface area contributed by atoms with Crippen LogP contribution in [0.3, 0.4) is 0 Å². The molecule has 0 radical (unpaired) electrons. The first-order valence-electron chi connectivity index (χ1n) is 11.7. The molecule has 0 saturated heterocycles. The molecule has 0 heterocycles. The third-order valence-electron chi connectivity index (χ3n) is 6.93. The Balaban J connectivity index is 1.90. The Labute approximate surface area is 186 Å². The largest absolute Gasteiger partial charge is 0.491 e. The molecule has 0 saturated carbocycles. The van der Waals surface area contributed by atoms with Crippen LogP contribution in [0.15, 0.2) is 54.6 Å². The minimum atomic E-state index is 0.0338. The minimum absolute atomic E-state index is 0.0338. The fourth-order valence-corrected chi connectivity index (χ4v) is 4.74. The maximum Gasteiger partial charge on any atom is 0.126 e. The molecule has 0 spiro atoms. The van der Waals surface area contributed by atoms with Crippen molar-refractivity contribution in [3.8, 4) is 28.0 Å². The molecule has 1 aliphatic carbocycles. The van der Waals surface area contributed by atoms with Gasteiger partial charge in [-0.1, -0.05) is 70.2 Å². The molecule has 162 valence electrons. The summed E-state index contributed by atoms with van der Waals surface area (Å²) in [5.74, 6) is 1.77. The molecular weight excluding hydrogens is 380 g/mol. The van der Waals surface area contributed by atoms with Gasteiger partial charge in [-0.2, -0.15) is 0 Å². The van der Waals surface area contributed by atoms with Crippen molar-refractivity contribution in [3.63, 3.8) is 0 Å². The molecule has 0 aromatic heterocycles. The molecule has 3 aromatic rings. The van der Waals surface area contributed by atoms with Crippen LogP contribution in [-0.4, -0.2) is 18.3 Å². The van der Waals surface area contributed by atoms with Gasteiger partial charge in [-0.25, -0.2) is 0 Å². The molecule has 0 amide bonds. The van der Waals surface area contributed by atoms with Crippen LogP contribution in [0.4, 0.5) is 0 Å². The van der Waals surface area contributed by atoms with Crippen LogP contribution in [0.2, 0.25) is 0 Å². The highest BCUT2D eigenvalue weighted by Gasteiger charge is 2.24. The Morgan fingerprint density at radius 1 is 0.839 bits per heavy atom. The van der Waals surface area contributed by atoms with E-state index in [0.717, 1.165) is 25.0 Å². The smallest absolute Gasteiger partial charge is 0.126 e. The lowest BCUT2D eigenvalue weighted by molar-refractivity contribution is 0.198. The van der Waals surface area contributed by atoms with Gasteiger partial charge in [0.2, 0.25) is 0 Å². The average Bonchev–Trinajstić information content (AvgIpc) is 3.20. The number of aliphatic hydroxyl groups is 1. The lowest BCUT2D eigenvalue weighted by Gasteiger charge is -2.24. The van der Waals surface area contributed by atoms with Gasteiger partial charge < -0.3 is 9.84 Å². The second kappa shape index (κ2) is 9.28. The van der Waals surface area contributed by atoms with Gasteiger partial charge in [0.25, 0.3) is 0 Å². The molecule has 1 N–H and O–H groups in total. The van der Waals surface area contributed by atoms with Gasteiger partial charge in [0, 0.05) is 0 Å². The lowest BCUT2D eigenvalue weighted by Crippen LogP contribution is -2.10. The van der Waals surface area contributed by atoms with Gasteiger partial charge in [-0.15, -0.1) is 0 Å². The summed E-state index contributed by atoms with van der Waals surface area (Å²) in [5.41, 5.74) is 10.7. The first-order valence-corrected chi connectivity index (χ1v) is 11.7. The maximum absolute atomic E-state index is 9.40. The molecule has 0 bridgehead atoms. The Hall–Kier alpha value is -2.58. The molecule has 0 aliphatic heterocycles. The summed E-state index contributed by atoms with van der Waals surface area (Å²) in [6.45, 7) is 9.38. The Bertz CT molecular complexity index is 1040. The van der Waals surface area contributed by atoms with Crippen LogP contribution in [0.25, 0.3) is 22.3 Å². The highest BCUT2D eigenvalue weighted by Crippen LogP contribution is 2.45. The third kappa shape index (κ3) is 4.02. The monoisotopic (exact) mass is 414 g/mol. The standard InChI is InChI=1S/C29H34O2/c1-5-19(3)26-17-22(18-27(20(4)6-2)29(26)31-15-14-30)24-12-9-13-25-23-11-8-7-10-21(23)16-28(24)25/h7-13,17-20,30H,5-6,14-16H2,1-4H3. The zero-order chi connectivity index (χ0) is 22.0. The van der Waals surface area contributed by atoms with E-state index in [1.54, 1.807) is 0 Å². The van der Waals surface area contributed by atoms with Crippen LogP contribution in [0.5, 0.6) is 5.75 Å². The third-order valence-corrected chi connectivity index (χ3v) is 6.93. The molecule has 0 fully saturated rings. The summed E-state index contributed by atoms with van der Waals surface area (Å²) in [6.07, 6.45) is 3.09. The van der Waals surface area contributed by atoms with Crippen molar-refractivity contribution < 1.29 is 9.84 Å². The summed E-state index contributed by atoms with van der Waals surface area (Å²) in [7, 11) is 0. The Morgan fingerprint density at radius 2 is 1.45 bits per heavy atom. The maximum atomic E-state index is 9.40. The number of hydrogen-bond donors (Lipinski definition) is 1. The predicted molar refractivity (Wildman–Crippen MR) is 130 cm³/mol. The normalized spacial score (nSPS) is 14.1. The zero-order valence-electron chi connectivity index (χ0n) is 19.2. The van der Waals surface area contributed by atoms with E-state index in [9.17, 15) is 5.11 Å². The summed E-state index contributed by atoms with van der Waals surface area (Å²) >= 11 is 0. The van der Waals surface area contributed by atoms with Crippen LogP contribution < -0.4 is 4.74 Å². The van der Waals surface area contributed by atoms with E-state index < -0.39 is 0 Å². The van der Waals surface area contributed by atoms with E-state index in [-0.39, 0.29) is 6.61 Å². The van der Waals surface area contributed by atoms with Crippen LogP contribution in [0.1, 0.15) is 74.6 Å². The first kappa shape index (κ1) is 21.6. The number of fused-ring (bicyclic) bond motifs is 3. The average molecular weight is 415 g/mol. The van der Waals surface area contributed by atoms with Crippen LogP contribution in [0, 0.1) is 0 Å². The van der Waals surface area contributed by atoms with E-state index in [4.69, 9.17) is 4.74 Å². The van der Waals surface area contributed by atoms with Crippen molar-refractivity contribution in [2.24, 2.45) is 0 Å². The molecule has 2 nitrogen and oxygen atoms in total. The Kier molecular flexibility index (Phi) is 6.48.